The lowest BCUT2D eigenvalue weighted by Crippen LogP contribution is -2.19. The van der Waals surface area contributed by atoms with Gasteiger partial charge in [-0.05, 0) is 46.7 Å². The zero-order valence-corrected chi connectivity index (χ0v) is 21.6. The SMILES string of the molecule is CCSC[C@@H](C)CC(=O)c1ccc(/C=C/C(c2cc(Cl)c(Cl)c(Cl)c2)C(F)(F)F)cc1C(F)(F)F. The molecule has 0 amide bonds. The van der Waals surface area contributed by atoms with Gasteiger partial charge in [0.2, 0.25) is 0 Å². The molecule has 0 spiro atoms. The van der Waals surface area contributed by atoms with E-state index in [4.69, 9.17) is 34.8 Å². The number of allylic oxidation sites excluding steroid dienone is 1. The molecule has 11 heteroatoms. The molecule has 1 nitrogen and oxygen atoms in total. The van der Waals surface area contributed by atoms with Crippen LogP contribution in [0, 0.1) is 5.92 Å². The molecule has 1 unspecified atom stereocenters. The number of carbonyl (C=O) groups is 1. The highest BCUT2D eigenvalue weighted by atomic mass is 35.5. The van der Waals surface area contributed by atoms with Crippen LogP contribution in [0.25, 0.3) is 6.08 Å². The molecule has 0 radical (unpaired) electrons. The number of thioether (sulfide) groups is 1. The zero-order chi connectivity index (χ0) is 26.6. The third-order valence-electron chi connectivity index (χ3n) is 4.99. The monoisotopic (exact) mass is 576 g/mol. The smallest absolute Gasteiger partial charge is 0.294 e. The number of ketones is 1. The molecule has 192 valence electrons. The molecule has 0 saturated heterocycles. The Balaban J connectivity index is 2.42. The molecule has 0 aliphatic carbocycles. The standard InChI is InChI=1S/C24H21Cl3F6OS/c1-3-35-12-13(2)8-21(34)16-6-4-14(9-18(16)24(31,32)33)5-7-17(23(28,29)30)15-10-19(25)22(27)20(26)11-15/h4-7,9-11,13,17H,3,8,12H2,1-2H3/b7-5+/t13-,17?/m0/s1. The van der Waals surface area contributed by atoms with E-state index < -0.39 is 35.2 Å². The van der Waals surface area contributed by atoms with Crippen molar-refractivity contribution in [2.45, 2.75) is 38.5 Å². The van der Waals surface area contributed by atoms with Crippen molar-refractivity contribution in [3.63, 3.8) is 0 Å². The van der Waals surface area contributed by atoms with Gasteiger partial charge in [-0.1, -0.05) is 72.9 Å². The van der Waals surface area contributed by atoms with Crippen molar-refractivity contribution in [1.29, 1.82) is 0 Å². The second-order valence-electron chi connectivity index (χ2n) is 7.87. The molecule has 2 atom stereocenters. The van der Waals surface area contributed by atoms with Gasteiger partial charge in [-0.3, -0.25) is 4.79 Å². The van der Waals surface area contributed by atoms with Gasteiger partial charge in [-0.15, -0.1) is 0 Å². The molecule has 0 N–H and O–H groups in total. The molecular formula is C24H21Cl3F6OS. The molecule has 0 aliphatic heterocycles. The van der Waals surface area contributed by atoms with Gasteiger partial charge in [0, 0.05) is 12.0 Å². The number of Topliss-reactive ketones (excluding diaryl/α,β-unsaturated/α-hetero) is 1. The average Bonchev–Trinajstić information content (AvgIpc) is 2.74. The Bertz CT molecular complexity index is 1060. The fourth-order valence-corrected chi connectivity index (χ4v) is 4.69. The van der Waals surface area contributed by atoms with E-state index in [0.29, 0.717) is 17.9 Å². The van der Waals surface area contributed by atoms with Crippen molar-refractivity contribution in [1.82, 2.24) is 0 Å². The van der Waals surface area contributed by atoms with Gasteiger partial charge in [-0.2, -0.15) is 38.1 Å². The summed E-state index contributed by atoms with van der Waals surface area (Å²) in [4.78, 5) is 12.6. The Kier molecular flexibility index (Phi) is 10.5. The number of carbonyl (C=O) groups excluding carboxylic acids is 1. The first kappa shape index (κ1) is 29.9. The summed E-state index contributed by atoms with van der Waals surface area (Å²) < 4.78 is 82.3. The number of alkyl halides is 6. The predicted molar refractivity (Wildman–Crippen MR) is 132 cm³/mol. The minimum Gasteiger partial charge on any atom is -0.294 e. The molecule has 0 aliphatic rings. The van der Waals surface area contributed by atoms with Gasteiger partial charge in [0.05, 0.1) is 26.5 Å². The number of rotatable bonds is 9. The molecule has 35 heavy (non-hydrogen) atoms. The lowest BCUT2D eigenvalue weighted by molar-refractivity contribution is -0.139. The van der Waals surface area contributed by atoms with E-state index in [-0.39, 0.29) is 38.5 Å². The molecule has 0 heterocycles. The fourth-order valence-electron chi connectivity index (χ4n) is 3.32. The topological polar surface area (TPSA) is 17.1 Å². The Labute approximate surface area is 218 Å². The van der Waals surface area contributed by atoms with Crippen LogP contribution >= 0.6 is 46.6 Å². The maximum absolute atomic E-state index is 13.7. The van der Waals surface area contributed by atoms with Gasteiger partial charge >= 0.3 is 12.4 Å². The number of halogens is 9. The maximum Gasteiger partial charge on any atom is 0.417 e. The maximum atomic E-state index is 13.7. The van der Waals surface area contributed by atoms with Crippen LogP contribution < -0.4 is 0 Å². The molecular weight excluding hydrogens is 557 g/mol. The van der Waals surface area contributed by atoms with E-state index in [0.717, 1.165) is 30.0 Å². The summed E-state index contributed by atoms with van der Waals surface area (Å²) in [6, 6.07) is 4.85. The highest BCUT2D eigenvalue weighted by Gasteiger charge is 2.40. The third kappa shape index (κ3) is 8.34. The number of benzene rings is 2. The van der Waals surface area contributed by atoms with Crippen molar-refractivity contribution < 1.29 is 31.1 Å². The molecule has 0 bridgehead atoms. The first-order valence-corrected chi connectivity index (χ1v) is 12.7. The van der Waals surface area contributed by atoms with Crippen molar-refractivity contribution in [3.8, 4) is 0 Å². The van der Waals surface area contributed by atoms with Crippen LogP contribution in [-0.4, -0.2) is 23.5 Å². The summed E-state index contributed by atoms with van der Waals surface area (Å²) in [5.41, 5.74) is -2.17. The van der Waals surface area contributed by atoms with Crippen LogP contribution in [0.1, 0.15) is 53.2 Å². The zero-order valence-electron chi connectivity index (χ0n) is 18.5. The van der Waals surface area contributed by atoms with E-state index in [2.05, 4.69) is 0 Å². The Hall–Kier alpha value is -1.35. The van der Waals surface area contributed by atoms with Crippen LogP contribution in [0.3, 0.4) is 0 Å². The fraction of sp³-hybridized carbons (Fsp3) is 0.375. The first-order chi connectivity index (χ1) is 16.1. The highest BCUT2D eigenvalue weighted by molar-refractivity contribution is 7.99. The number of hydrogen-bond acceptors (Lipinski definition) is 2. The van der Waals surface area contributed by atoms with E-state index in [1.807, 2.05) is 6.92 Å². The van der Waals surface area contributed by atoms with E-state index in [1.54, 1.807) is 18.7 Å². The second-order valence-corrected chi connectivity index (χ2v) is 10.4. The van der Waals surface area contributed by atoms with Crippen molar-refractivity contribution >= 4 is 58.4 Å². The summed E-state index contributed by atoms with van der Waals surface area (Å²) in [6.45, 7) is 3.71. The molecule has 0 saturated carbocycles. The number of hydrogen-bond donors (Lipinski definition) is 0. The molecule has 0 fully saturated rings. The molecule has 2 rings (SSSR count). The third-order valence-corrected chi connectivity index (χ3v) is 7.40. The first-order valence-electron chi connectivity index (χ1n) is 10.4. The van der Waals surface area contributed by atoms with Crippen LogP contribution in [0.5, 0.6) is 0 Å². The summed E-state index contributed by atoms with van der Waals surface area (Å²) in [5, 5.41) is -0.490. The summed E-state index contributed by atoms with van der Waals surface area (Å²) in [5.74, 6) is -1.56. The van der Waals surface area contributed by atoms with Gasteiger partial charge < -0.3 is 0 Å². The summed E-state index contributed by atoms with van der Waals surface area (Å²) in [7, 11) is 0. The van der Waals surface area contributed by atoms with Crippen LogP contribution in [0.15, 0.2) is 36.4 Å². The van der Waals surface area contributed by atoms with Crippen LogP contribution in [0.2, 0.25) is 15.1 Å². The lowest BCUT2D eigenvalue weighted by atomic mass is 9.93. The van der Waals surface area contributed by atoms with Gasteiger partial charge in [-0.25, -0.2) is 0 Å². The normalized spacial score (nSPS) is 14.4. The quantitative estimate of drug-likeness (QED) is 0.168. The van der Waals surface area contributed by atoms with Crippen LogP contribution in [0.4, 0.5) is 26.3 Å². The Morgan fingerprint density at radius 1 is 1.03 bits per heavy atom. The predicted octanol–water partition coefficient (Wildman–Crippen LogP) is 9.99. The van der Waals surface area contributed by atoms with Crippen LogP contribution in [-0.2, 0) is 6.18 Å². The molecule has 2 aromatic carbocycles. The minimum atomic E-state index is -4.86. The lowest BCUT2D eigenvalue weighted by Gasteiger charge is -2.19. The van der Waals surface area contributed by atoms with Crippen molar-refractivity contribution in [2.24, 2.45) is 5.92 Å². The summed E-state index contributed by atoms with van der Waals surface area (Å²) in [6.07, 6.45) is -8.10. The van der Waals surface area contributed by atoms with Gasteiger partial charge in [0.25, 0.3) is 0 Å². The highest BCUT2D eigenvalue weighted by Crippen LogP contribution is 2.41. The van der Waals surface area contributed by atoms with E-state index in [9.17, 15) is 31.1 Å². The van der Waals surface area contributed by atoms with Crippen molar-refractivity contribution in [2.75, 3.05) is 11.5 Å². The Morgan fingerprint density at radius 3 is 2.14 bits per heavy atom. The van der Waals surface area contributed by atoms with Gasteiger partial charge in [0.1, 0.15) is 0 Å². The summed E-state index contributed by atoms with van der Waals surface area (Å²) >= 11 is 19.1. The Morgan fingerprint density at radius 2 is 1.63 bits per heavy atom. The minimum absolute atomic E-state index is 0.0699. The average molecular weight is 578 g/mol. The van der Waals surface area contributed by atoms with E-state index >= 15 is 0 Å². The van der Waals surface area contributed by atoms with Crippen molar-refractivity contribution in [3.05, 3.63) is 73.7 Å². The van der Waals surface area contributed by atoms with E-state index in [1.165, 1.54) is 6.07 Å². The van der Waals surface area contributed by atoms with Gasteiger partial charge in [0.15, 0.2) is 5.78 Å². The second kappa shape index (κ2) is 12.3. The molecule has 2 aromatic rings. The largest absolute Gasteiger partial charge is 0.417 e. The molecule has 0 aromatic heterocycles.